The van der Waals surface area contributed by atoms with Crippen LogP contribution in [-0.2, 0) is 0 Å². The van der Waals surface area contributed by atoms with Crippen LogP contribution in [0.3, 0.4) is 0 Å². The van der Waals surface area contributed by atoms with Gasteiger partial charge in [-0.1, -0.05) is 13.3 Å². The van der Waals surface area contributed by atoms with Crippen LogP contribution in [0.15, 0.2) is 5.38 Å². The van der Waals surface area contributed by atoms with Crippen LogP contribution >= 0.6 is 11.3 Å². The molecule has 1 N–H and O–H groups in total. The number of rotatable bonds is 3. The molecular formula is C12H18N2O2S. The maximum Gasteiger partial charge on any atom is 0.355 e. The molecule has 1 fully saturated rings. The zero-order valence-electron chi connectivity index (χ0n) is 10.1. The first kappa shape index (κ1) is 12.4. The van der Waals surface area contributed by atoms with Gasteiger partial charge in [-0.25, -0.2) is 9.78 Å². The van der Waals surface area contributed by atoms with E-state index in [2.05, 4.69) is 16.8 Å². The largest absolute Gasteiger partial charge is 0.476 e. The van der Waals surface area contributed by atoms with E-state index >= 15 is 0 Å². The van der Waals surface area contributed by atoms with Gasteiger partial charge in [0.15, 0.2) is 10.8 Å². The first-order chi connectivity index (χ1) is 8.20. The minimum absolute atomic E-state index is 0.168. The summed E-state index contributed by atoms with van der Waals surface area (Å²) < 4.78 is 0. The fourth-order valence-corrected chi connectivity index (χ4v) is 3.13. The molecule has 1 unspecified atom stereocenters. The molecule has 0 aliphatic carbocycles. The second-order valence-electron chi connectivity index (χ2n) is 4.51. The topological polar surface area (TPSA) is 53.4 Å². The number of hydrogen-bond acceptors (Lipinski definition) is 4. The zero-order valence-corrected chi connectivity index (χ0v) is 10.9. The fourth-order valence-electron chi connectivity index (χ4n) is 2.27. The highest BCUT2D eigenvalue weighted by atomic mass is 32.1. The van der Waals surface area contributed by atoms with Gasteiger partial charge in [0.05, 0.1) is 0 Å². The molecule has 1 atom stereocenters. The smallest absolute Gasteiger partial charge is 0.355 e. The van der Waals surface area contributed by atoms with Gasteiger partial charge in [0.25, 0.3) is 0 Å². The molecule has 0 bridgehead atoms. The van der Waals surface area contributed by atoms with Gasteiger partial charge in [-0.2, -0.15) is 0 Å². The summed E-state index contributed by atoms with van der Waals surface area (Å²) in [5.41, 5.74) is 0.168. The third-order valence-electron chi connectivity index (χ3n) is 3.41. The van der Waals surface area contributed by atoms with Crippen LogP contribution in [0.2, 0.25) is 0 Å². The zero-order chi connectivity index (χ0) is 12.3. The highest BCUT2D eigenvalue weighted by Gasteiger charge is 2.19. The van der Waals surface area contributed by atoms with Crippen molar-refractivity contribution in [2.75, 3.05) is 18.0 Å². The Morgan fingerprint density at radius 1 is 1.59 bits per heavy atom. The lowest BCUT2D eigenvalue weighted by Gasteiger charge is -2.19. The Morgan fingerprint density at radius 3 is 3.06 bits per heavy atom. The van der Waals surface area contributed by atoms with Crippen LogP contribution < -0.4 is 4.90 Å². The van der Waals surface area contributed by atoms with E-state index < -0.39 is 5.97 Å². The summed E-state index contributed by atoms with van der Waals surface area (Å²) >= 11 is 1.44. The molecule has 1 aromatic rings. The molecule has 17 heavy (non-hydrogen) atoms. The summed E-state index contributed by atoms with van der Waals surface area (Å²) in [6, 6.07) is 0. The number of hydrogen-bond donors (Lipinski definition) is 1. The fraction of sp³-hybridized carbons (Fsp3) is 0.667. The quantitative estimate of drug-likeness (QED) is 0.901. The van der Waals surface area contributed by atoms with Crippen LogP contribution in [-0.4, -0.2) is 29.1 Å². The molecule has 4 nitrogen and oxygen atoms in total. The monoisotopic (exact) mass is 254 g/mol. The van der Waals surface area contributed by atoms with Gasteiger partial charge in [0.1, 0.15) is 0 Å². The summed E-state index contributed by atoms with van der Waals surface area (Å²) in [7, 11) is 0. The lowest BCUT2D eigenvalue weighted by molar-refractivity contribution is 0.0691. The highest BCUT2D eigenvalue weighted by Crippen LogP contribution is 2.26. The third kappa shape index (κ3) is 2.97. The van der Waals surface area contributed by atoms with Crippen LogP contribution in [0.4, 0.5) is 5.13 Å². The summed E-state index contributed by atoms with van der Waals surface area (Å²) in [4.78, 5) is 17.2. The van der Waals surface area contributed by atoms with E-state index in [1.165, 1.54) is 37.0 Å². The first-order valence-electron chi connectivity index (χ1n) is 6.14. The van der Waals surface area contributed by atoms with Gasteiger partial charge in [-0.3, -0.25) is 0 Å². The Balaban J connectivity index is 2.03. The Kier molecular flexibility index (Phi) is 3.99. The number of carboxylic acids is 1. The van der Waals surface area contributed by atoms with Crippen molar-refractivity contribution < 1.29 is 9.90 Å². The van der Waals surface area contributed by atoms with Gasteiger partial charge >= 0.3 is 5.97 Å². The SMILES string of the molecule is CCC1CCCN(c2nc(C(=O)O)cs2)CC1. The van der Waals surface area contributed by atoms with Gasteiger partial charge in [-0.15, -0.1) is 11.3 Å². The van der Waals surface area contributed by atoms with Gasteiger partial charge in [-0.05, 0) is 25.2 Å². The molecule has 0 radical (unpaired) electrons. The molecule has 0 amide bonds. The first-order valence-corrected chi connectivity index (χ1v) is 7.02. The molecule has 1 aromatic heterocycles. The van der Waals surface area contributed by atoms with E-state index in [1.54, 1.807) is 5.38 Å². The lowest BCUT2D eigenvalue weighted by Crippen LogP contribution is -2.24. The molecule has 5 heteroatoms. The lowest BCUT2D eigenvalue weighted by atomic mass is 9.98. The second-order valence-corrected chi connectivity index (χ2v) is 5.35. The Bertz CT molecular complexity index is 392. The molecule has 0 spiro atoms. The van der Waals surface area contributed by atoms with Gasteiger partial charge in [0, 0.05) is 18.5 Å². The number of anilines is 1. The number of aromatic carboxylic acids is 1. The van der Waals surface area contributed by atoms with Crippen molar-refractivity contribution in [3.63, 3.8) is 0 Å². The number of carboxylic acid groups (broad SMARTS) is 1. The van der Waals surface area contributed by atoms with Crippen LogP contribution in [0, 0.1) is 5.92 Å². The molecular weight excluding hydrogens is 236 g/mol. The van der Waals surface area contributed by atoms with Crippen LogP contribution in [0.1, 0.15) is 43.1 Å². The van der Waals surface area contributed by atoms with E-state index in [4.69, 9.17) is 5.11 Å². The average Bonchev–Trinajstić information content (AvgIpc) is 2.68. The van der Waals surface area contributed by atoms with E-state index in [-0.39, 0.29) is 5.69 Å². The van der Waals surface area contributed by atoms with Crippen molar-refractivity contribution in [1.29, 1.82) is 0 Å². The Labute approximate surface area is 105 Å². The molecule has 2 heterocycles. The minimum atomic E-state index is -0.936. The number of thiazole rings is 1. The minimum Gasteiger partial charge on any atom is -0.476 e. The van der Waals surface area contributed by atoms with Crippen molar-refractivity contribution >= 4 is 22.4 Å². The van der Waals surface area contributed by atoms with Crippen molar-refractivity contribution in [2.45, 2.75) is 32.6 Å². The summed E-state index contributed by atoms with van der Waals surface area (Å²) in [5.74, 6) is -0.118. The molecule has 94 valence electrons. The summed E-state index contributed by atoms with van der Waals surface area (Å²) in [5, 5.41) is 11.3. The van der Waals surface area contributed by atoms with E-state index in [1.807, 2.05) is 0 Å². The third-order valence-corrected chi connectivity index (χ3v) is 4.31. The maximum absolute atomic E-state index is 10.8. The van der Waals surface area contributed by atoms with Crippen LogP contribution in [0.25, 0.3) is 0 Å². The van der Waals surface area contributed by atoms with Crippen molar-refractivity contribution in [3.05, 3.63) is 11.1 Å². The van der Waals surface area contributed by atoms with Crippen molar-refractivity contribution in [3.8, 4) is 0 Å². The number of carbonyl (C=O) groups is 1. The second kappa shape index (κ2) is 5.49. The van der Waals surface area contributed by atoms with Gasteiger partial charge in [0.2, 0.25) is 0 Å². The predicted octanol–water partition coefficient (Wildman–Crippen LogP) is 2.86. The standard InChI is InChI=1S/C12H18N2O2S/c1-2-9-4-3-6-14(7-5-9)12-13-10(8-17-12)11(15)16/h8-9H,2-7H2,1H3,(H,15,16). The average molecular weight is 254 g/mol. The molecule has 1 aliphatic rings. The van der Waals surface area contributed by atoms with Gasteiger partial charge < -0.3 is 10.0 Å². The summed E-state index contributed by atoms with van der Waals surface area (Å²) in [6.45, 7) is 4.25. The van der Waals surface area contributed by atoms with Crippen molar-refractivity contribution in [2.24, 2.45) is 5.92 Å². The Morgan fingerprint density at radius 2 is 2.41 bits per heavy atom. The maximum atomic E-state index is 10.8. The number of nitrogens with zero attached hydrogens (tertiary/aromatic N) is 2. The molecule has 1 aliphatic heterocycles. The highest BCUT2D eigenvalue weighted by molar-refractivity contribution is 7.13. The molecule has 1 saturated heterocycles. The number of aromatic nitrogens is 1. The predicted molar refractivity (Wildman–Crippen MR) is 68.9 cm³/mol. The van der Waals surface area contributed by atoms with E-state index in [9.17, 15) is 4.79 Å². The molecule has 0 aromatic carbocycles. The molecule has 2 rings (SSSR count). The van der Waals surface area contributed by atoms with E-state index in [0.717, 1.165) is 24.1 Å². The normalized spacial score (nSPS) is 21.2. The van der Waals surface area contributed by atoms with E-state index in [0.29, 0.717) is 0 Å². The summed E-state index contributed by atoms with van der Waals surface area (Å²) in [6.07, 6.45) is 4.90. The molecule has 0 saturated carbocycles. The van der Waals surface area contributed by atoms with Crippen molar-refractivity contribution in [1.82, 2.24) is 4.98 Å². The Hall–Kier alpha value is -1.10. The van der Waals surface area contributed by atoms with Crippen LogP contribution in [0.5, 0.6) is 0 Å².